The summed E-state index contributed by atoms with van der Waals surface area (Å²) < 4.78 is 15.7. The van der Waals surface area contributed by atoms with Gasteiger partial charge in [0.25, 0.3) is 0 Å². The average molecular weight is 592 g/mol. The SMILES string of the molecule is CC(C)(C)OC(=O)N[C@H]1CCC[C@@H](C(=O)O)C1.CC(C)(C)OC(=O)N[C@H]1CCC[C@@H](NC(=O)OCc2ccccc2)C1. The third-order valence-corrected chi connectivity index (χ3v) is 6.67. The van der Waals surface area contributed by atoms with Gasteiger partial charge in [-0.1, -0.05) is 36.8 Å². The number of hydrogen-bond donors (Lipinski definition) is 4. The molecule has 0 unspecified atom stereocenters. The van der Waals surface area contributed by atoms with Gasteiger partial charge in [0.15, 0.2) is 0 Å². The van der Waals surface area contributed by atoms with E-state index in [2.05, 4.69) is 16.0 Å². The molecule has 1 aromatic rings. The van der Waals surface area contributed by atoms with Gasteiger partial charge in [-0.25, -0.2) is 14.4 Å². The second-order valence-electron chi connectivity index (χ2n) is 13.0. The second-order valence-corrected chi connectivity index (χ2v) is 13.0. The zero-order valence-corrected chi connectivity index (χ0v) is 25.9. The Kier molecular flexibility index (Phi) is 13.4. The largest absolute Gasteiger partial charge is 0.481 e. The van der Waals surface area contributed by atoms with Crippen LogP contribution in [0.15, 0.2) is 30.3 Å². The molecular weight excluding hydrogens is 542 g/mol. The van der Waals surface area contributed by atoms with E-state index < -0.39 is 35.5 Å². The van der Waals surface area contributed by atoms with Gasteiger partial charge in [-0.2, -0.15) is 0 Å². The van der Waals surface area contributed by atoms with Crippen LogP contribution < -0.4 is 16.0 Å². The summed E-state index contributed by atoms with van der Waals surface area (Å²) in [6.45, 7) is 11.1. The third-order valence-electron chi connectivity index (χ3n) is 6.67. The van der Waals surface area contributed by atoms with Crippen molar-refractivity contribution < 1.29 is 38.5 Å². The normalized spacial score (nSPS) is 22.3. The van der Waals surface area contributed by atoms with Crippen molar-refractivity contribution in [3.8, 4) is 0 Å². The topological polar surface area (TPSA) is 152 Å². The van der Waals surface area contributed by atoms with Crippen LogP contribution in [0.25, 0.3) is 0 Å². The van der Waals surface area contributed by atoms with E-state index in [-0.39, 0.29) is 30.7 Å². The van der Waals surface area contributed by atoms with Crippen LogP contribution in [0.3, 0.4) is 0 Å². The number of carbonyl (C=O) groups is 4. The first-order chi connectivity index (χ1) is 19.6. The van der Waals surface area contributed by atoms with Gasteiger partial charge < -0.3 is 35.3 Å². The Bertz CT molecular complexity index is 1020. The minimum absolute atomic E-state index is 0.00280. The molecule has 0 aromatic heterocycles. The highest BCUT2D eigenvalue weighted by Crippen LogP contribution is 2.25. The van der Waals surface area contributed by atoms with E-state index in [4.69, 9.17) is 19.3 Å². The summed E-state index contributed by atoms with van der Waals surface area (Å²) in [6, 6.07) is 9.47. The molecule has 2 aliphatic carbocycles. The molecule has 3 amide bonds. The molecule has 11 heteroatoms. The zero-order chi connectivity index (χ0) is 31.3. The van der Waals surface area contributed by atoms with Crippen LogP contribution in [0.1, 0.15) is 98.5 Å². The number of alkyl carbamates (subject to hydrolysis) is 3. The van der Waals surface area contributed by atoms with Crippen molar-refractivity contribution in [3.05, 3.63) is 35.9 Å². The molecule has 0 radical (unpaired) electrons. The van der Waals surface area contributed by atoms with Crippen molar-refractivity contribution in [2.45, 2.75) is 129 Å². The number of benzene rings is 1. The maximum absolute atomic E-state index is 12.0. The molecule has 0 heterocycles. The van der Waals surface area contributed by atoms with E-state index in [0.29, 0.717) is 19.3 Å². The molecule has 3 rings (SSSR count). The lowest BCUT2D eigenvalue weighted by Crippen LogP contribution is -2.47. The molecule has 0 aliphatic heterocycles. The molecule has 236 valence electrons. The van der Waals surface area contributed by atoms with E-state index in [0.717, 1.165) is 37.7 Å². The van der Waals surface area contributed by atoms with Gasteiger partial charge in [-0.3, -0.25) is 4.79 Å². The molecule has 2 saturated carbocycles. The number of amides is 3. The predicted molar refractivity (Wildman–Crippen MR) is 158 cm³/mol. The maximum Gasteiger partial charge on any atom is 0.407 e. The summed E-state index contributed by atoms with van der Waals surface area (Å²) in [4.78, 5) is 46.2. The van der Waals surface area contributed by atoms with Crippen LogP contribution in [-0.4, -0.2) is 58.7 Å². The van der Waals surface area contributed by atoms with E-state index in [1.54, 1.807) is 20.8 Å². The summed E-state index contributed by atoms with van der Waals surface area (Å²) in [7, 11) is 0. The molecule has 1 aromatic carbocycles. The molecule has 4 atom stereocenters. The lowest BCUT2D eigenvalue weighted by atomic mass is 9.86. The van der Waals surface area contributed by atoms with E-state index in [1.807, 2.05) is 51.1 Å². The van der Waals surface area contributed by atoms with Crippen molar-refractivity contribution in [1.82, 2.24) is 16.0 Å². The van der Waals surface area contributed by atoms with Gasteiger partial charge in [0, 0.05) is 18.1 Å². The number of ether oxygens (including phenoxy) is 3. The molecule has 2 fully saturated rings. The number of aliphatic carboxylic acids is 1. The minimum atomic E-state index is -0.777. The van der Waals surface area contributed by atoms with Crippen molar-refractivity contribution in [2.75, 3.05) is 0 Å². The first-order valence-electron chi connectivity index (χ1n) is 14.8. The van der Waals surface area contributed by atoms with Crippen LogP contribution in [-0.2, 0) is 25.6 Å². The Morgan fingerprint density at radius 2 is 1.17 bits per heavy atom. The van der Waals surface area contributed by atoms with Crippen LogP contribution in [0.5, 0.6) is 0 Å². The van der Waals surface area contributed by atoms with Crippen molar-refractivity contribution in [1.29, 1.82) is 0 Å². The highest BCUT2D eigenvalue weighted by molar-refractivity contribution is 5.71. The second kappa shape index (κ2) is 16.2. The summed E-state index contributed by atoms with van der Waals surface area (Å²) in [5.41, 5.74) is -0.0893. The average Bonchev–Trinajstić information content (AvgIpc) is 2.86. The molecule has 42 heavy (non-hydrogen) atoms. The van der Waals surface area contributed by atoms with Gasteiger partial charge >= 0.3 is 24.2 Å². The Morgan fingerprint density at radius 3 is 1.64 bits per heavy atom. The summed E-state index contributed by atoms with van der Waals surface area (Å²) in [5.74, 6) is -1.12. The number of nitrogens with one attached hydrogen (secondary N) is 3. The predicted octanol–water partition coefficient (Wildman–Crippen LogP) is 5.90. The Labute approximate surface area is 249 Å². The Morgan fingerprint density at radius 1 is 0.714 bits per heavy atom. The molecule has 2 aliphatic rings. The molecule has 0 spiro atoms. The molecular formula is C31H49N3O8. The van der Waals surface area contributed by atoms with Crippen molar-refractivity contribution >= 4 is 24.2 Å². The lowest BCUT2D eigenvalue weighted by Gasteiger charge is -2.30. The Balaban J connectivity index is 0.000000317. The van der Waals surface area contributed by atoms with E-state index >= 15 is 0 Å². The van der Waals surface area contributed by atoms with Gasteiger partial charge in [0.05, 0.1) is 5.92 Å². The van der Waals surface area contributed by atoms with Crippen LogP contribution >= 0.6 is 0 Å². The zero-order valence-electron chi connectivity index (χ0n) is 25.9. The Hall–Kier alpha value is -3.50. The lowest BCUT2D eigenvalue weighted by molar-refractivity contribution is -0.143. The molecule has 0 bridgehead atoms. The first-order valence-corrected chi connectivity index (χ1v) is 14.8. The van der Waals surface area contributed by atoms with Gasteiger partial charge in [-0.05, 0) is 92.1 Å². The number of rotatable bonds is 6. The number of carboxylic acids is 1. The van der Waals surface area contributed by atoms with Gasteiger partial charge in [0.2, 0.25) is 0 Å². The van der Waals surface area contributed by atoms with E-state index in [1.165, 1.54) is 0 Å². The summed E-state index contributed by atoms with van der Waals surface area (Å²) in [6.07, 6.45) is 4.93. The first kappa shape index (κ1) is 34.7. The number of carboxylic acid groups (broad SMARTS) is 1. The van der Waals surface area contributed by atoms with Crippen molar-refractivity contribution in [3.63, 3.8) is 0 Å². The van der Waals surface area contributed by atoms with Crippen LogP contribution in [0.2, 0.25) is 0 Å². The quantitative estimate of drug-likeness (QED) is 0.298. The third kappa shape index (κ3) is 14.9. The molecule has 0 saturated heterocycles. The number of hydrogen-bond acceptors (Lipinski definition) is 7. The fourth-order valence-corrected chi connectivity index (χ4v) is 4.88. The summed E-state index contributed by atoms with van der Waals surface area (Å²) >= 11 is 0. The van der Waals surface area contributed by atoms with Crippen molar-refractivity contribution in [2.24, 2.45) is 5.92 Å². The number of carbonyl (C=O) groups excluding carboxylic acids is 3. The standard InChI is InChI=1S/C19H28N2O4.C12H21NO4/c1-19(2,3)25-18(23)21-16-11-7-10-15(12-16)20-17(22)24-13-14-8-5-4-6-9-14;1-12(2,3)17-11(16)13-9-6-4-5-8(7-9)10(14)15/h4-6,8-9,15-16H,7,10-13H2,1-3H3,(H,20,22)(H,21,23);8-9H,4-7H2,1-3H3,(H,13,16)(H,14,15)/t15-,16+;8-,9+/m11/s1. The maximum atomic E-state index is 12.0. The highest BCUT2D eigenvalue weighted by Gasteiger charge is 2.29. The van der Waals surface area contributed by atoms with Gasteiger partial charge in [-0.15, -0.1) is 0 Å². The van der Waals surface area contributed by atoms with Crippen LogP contribution in [0.4, 0.5) is 14.4 Å². The fraction of sp³-hybridized carbons (Fsp3) is 0.677. The minimum Gasteiger partial charge on any atom is -0.481 e. The van der Waals surface area contributed by atoms with E-state index in [9.17, 15) is 19.2 Å². The summed E-state index contributed by atoms with van der Waals surface area (Å²) in [5, 5.41) is 17.4. The fourth-order valence-electron chi connectivity index (χ4n) is 4.88. The van der Waals surface area contributed by atoms with Gasteiger partial charge in [0.1, 0.15) is 17.8 Å². The highest BCUT2D eigenvalue weighted by atomic mass is 16.6. The monoisotopic (exact) mass is 591 g/mol. The molecule has 4 N–H and O–H groups in total. The molecule has 11 nitrogen and oxygen atoms in total. The smallest absolute Gasteiger partial charge is 0.407 e. The van der Waals surface area contributed by atoms with Crippen LogP contribution in [0, 0.1) is 5.92 Å².